The Morgan fingerprint density at radius 3 is 2.40 bits per heavy atom. The van der Waals surface area contributed by atoms with Crippen LogP contribution in [0.5, 0.6) is 0 Å². The van der Waals surface area contributed by atoms with E-state index in [4.69, 9.17) is 0 Å². The molecule has 25 heavy (non-hydrogen) atoms. The van der Waals surface area contributed by atoms with Crippen molar-refractivity contribution in [1.82, 2.24) is 15.1 Å². The Morgan fingerprint density at radius 1 is 1.20 bits per heavy atom. The molecule has 0 spiro atoms. The fourth-order valence-electron chi connectivity index (χ4n) is 2.94. The normalized spacial score (nSPS) is 17.3. The van der Waals surface area contributed by atoms with Crippen molar-refractivity contribution in [2.45, 2.75) is 18.7 Å². The second-order valence-electron chi connectivity index (χ2n) is 6.52. The molecule has 0 aliphatic carbocycles. The molecule has 0 bridgehead atoms. The van der Waals surface area contributed by atoms with E-state index in [-0.39, 0.29) is 24.0 Å². The van der Waals surface area contributed by atoms with Gasteiger partial charge in [0.1, 0.15) is 0 Å². The number of rotatable bonds is 6. The van der Waals surface area contributed by atoms with Crippen molar-refractivity contribution in [2.75, 3.05) is 52.1 Å². The standard InChI is InChI=1S/C18H30N4OS.HI/c1-16(2)15-21-10-12-22(13-11-21)18(19-3)20-9-14-24(23)17-7-5-4-6-8-17;/h4-8,16H,9-15H2,1-3H3,(H,19,20);1H. The highest BCUT2D eigenvalue weighted by molar-refractivity contribution is 14.0. The van der Waals surface area contributed by atoms with E-state index in [0.29, 0.717) is 18.2 Å². The van der Waals surface area contributed by atoms with E-state index < -0.39 is 10.8 Å². The maximum Gasteiger partial charge on any atom is 0.193 e. The van der Waals surface area contributed by atoms with Crippen LogP contribution in [0.4, 0.5) is 0 Å². The largest absolute Gasteiger partial charge is 0.355 e. The van der Waals surface area contributed by atoms with Gasteiger partial charge in [-0.3, -0.25) is 14.1 Å². The van der Waals surface area contributed by atoms with E-state index in [1.807, 2.05) is 37.4 Å². The lowest BCUT2D eigenvalue weighted by Crippen LogP contribution is -2.53. The van der Waals surface area contributed by atoms with Crippen LogP contribution in [0.2, 0.25) is 0 Å². The van der Waals surface area contributed by atoms with Gasteiger partial charge in [0.2, 0.25) is 0 Å². The van der Waals surface area contributed by atoms with Crippen LogP contribution in [-0.2, 0) is 10.8 Å². The molecule has 1 unspecified atom stereocenters. The van der Waals surface area contributed by atoms with Crippen LogP contribution >= 0.6 is 24.0 Å². The van der Waals surface area contributed by atoms with Gasteiger partial charge in [0.05, 0.1) is 10.8 Å². The summed E-state index contributed by atoms with van der Waals surface area (Å²) < 4.78 is 12.2. The van der Waals surface area contributed by atoms with Gasteiger partial charge in [-0.25, -0.2) is 0 Å². The second-order valence-corrected chi connectivity index (χ2v) is 8.09. The van der Waals surface area contributed by atoms with Gasteiger partial charge in [-0.1, -0.05) is 32.0 Å². The first kappa shape index (κ1) is 22.4. The number of halogens is 1. The van der Waals surface area contributed by atoms with Crippen LogP contribution < -0.4 is 5.32 Å². The van der Waals surface area contributed by atoms with E-state index in [1.165, 1.54) is 0 Å². The number of aliphatic imine (C=N–C) groups is 1. The Labute approximate surface area is 171 Å². The quantitative estimate of drug-likeness (QED) is 0.387. The lowest BCUT2D eigenvalue weighted by Gasteiger charge is -2.37. The lowest BCUT2D eigenvalue weighted by atomic mass is 10.2. The molecule has 0 aromatic heterocycles. The molecule has 0 radical (unpaired) electrons. The average Bonchev–Trinajstić information content (AvgIpc) is 2.60. The summed E-state index contributed by atoms with van der Waals surface area (Å²) in [6.45, 7) is 10.5. The highest BCUT2D eigenvalue weighted by Gasteiger charge is 2.19. The molecule has 0 saturated carbocycles. The van der Waals surface area contributed by atoms with E-state index in [1.54, 1.807) is 0 Å². The molecule has 2 rings (SSSR count). The Balaban J connectivity index is 0.00000312. The first-order valence-corrected chi connectivity index (χ1v) is 10.0. The maximum absolute atomic E-state index is 12.2. The molecule has 1 saturated heterocycles. The van der Waals surface area contributed by atoms with Crippen molar-refractivity contribution in [1.29, 1.82) is 0 Å². The number of guanidine groups is 1. The fourth-order valence-corrected chi connectivity index (χ4v) is 3.92. The number of piperazine rings is 1. The van der Waals surface area contributed by atoms with Gasteiger partial charge in [0, 0.05) is 57.0 Å². The molecule has 5 nitrogen and oxygen atoms in total. The van der Waals surface area contributed by atoms with E-state index >= 15 is 0 Å². The van der Waals surface area contributed by atoms with Crippen LogP contribution in [0.3, 0.4) is 0 Å². The van der Waals surface area contributed by atoms with Crippen molar-refractivity contribution in [2.24, 2.45) is 10.9 Å². The van der Waals surface area contributed by atoms with Gasteiger partial charge >= 0.3 is 0 Å². The summed E-state index contributed by atoms with van der Waals surface area (Å²) in [6, 6.07) is 9.63. The van der Waals surface area contributed by atoms with Gasteiger partial charge in [0.25, 0.3) is 0 Å². The zero-order valence-corrected chi connectivity index (χ0v) is 18.6. The highest BCUT2D eigenvalue weighted by atomic mass is 127. The van der Waals surface area contributed by atoms with Crippen LogP contribution in [0.1, 0.15) is 13.8 Å². The molecule has 1 aromatic rings. The predicted molar refractivity (Wildman–Crippen MR) is 117 cm³/mol. The molecule has 1 atom stereocenters. The number of nitrogens with one attached hydrogen (secondary N) is 1. The highest BCUT2D eigenvalue weighted by Crippen LogP contribution is 2.06. The van der Waals surface area contributed by atoms with Crippen LogP contribution in [0.25, 0.3) is 0 Å². The molecular formula is C18H31IN4OS. The van der Waals surface area contributed by atoms with Crippen molar-refractivity contribution in [3.05, 3.63) is 30.3 Å². The SMILES string of the molecule is CN=C(NCCS(=O)c1ccccc1)N1CCN(CC(C)C)CC1.I. The molecule has 7 heteroatoms. The summed E-state index contributed by atoms with van der Waals surface area (Å²) in [4.78, 5) is 10.1. The molecule has 142 valence electrons. The summed E-state index contributed by atoms with van der Waals surface area (Å²) in [7, 11) is 0.853. The summed E-state index contributed by atoms with van der Waals surface area (Å²) >= 11 is 0. The third kappa shape index (κ3) is 7.62. The first-order valence-electron chi connectivity index (χ1n) is 8.71. The fraction of sp³-hybridized carbons (Fsp3) is 0.611. The Morgan fingerprint density at radius 2 is 1.84 bits per heavy atom. The summed E-state index contributed by atoms with van der Waals surface area (Å²) in [5.74, 6) is 2.22. The molecule has 1 heterocycles. The molecule has 1 aromatic carbocycles. The molecule has 0 amide bonds. The number of benzene rings is 1. The minimum atomic E-state index is -0.963. The molecule has 1 fully saturated rings. The number of hydrogen-bond acceptors (Lipinski definition) is 3. The second kappa shape index (κ2) is 11.9. The molecular weight excluding hydrogens is 447 g/mol. The van der Waals surface area contributed by atoms with E-state index in [9.17, 15) is 4.21 Å². The molecule has 1 aliphatic heterocycles. The van der Waals surface area contributed by atoms with Crippen molar-refractivity contribution in [3.63, 3.8) is 0 Å². The van der Waals surface area contributed by atoms with Crippen molar-refractivity contribution in [3.8, 4) is 0 Å². The molecule has 1 N–H and O–H groups in total. The maximum atomic E-state index is 12.2. The minimum Gasteiger partial charge on any atom is -0.355 e. The van der Waals surface area contributed by atoms with E-state index in [2.05, 4.69) is 34.0 Å². The Hall–Kier alpha value is -0.670. The average molecular weight is 478 g/mol. The van der Waals surface area contributed by atoms with E-state index in [0.717, 1.165) is 43.6 Å². The predicted octanol–water partition coefficient (Wildman–Crippen LogP) is 2.26. The topological polar surface area (TPSA) is 47.9 Å². The lowest BCUT2D eigenvalue weighted by molar-refractivity contribution is 0.164. The summed E-state index contributed by atoms with van der Waals surface area (Å²) in [5, 5.41) is 3.36. The van der Waals surface area contributed by atoms with Crippen molar-refractivity contribution < 1.29 is 4.21 Å². The van der Waals surface area contributed by atoms with Gasteiger partial charge < -0.3 is 10.2 Å². The summed E-state index contributed by atoms with van der Waals surface area (Å²) in [6.07, 6.45) is 0. The zero-order valence-electron chi connectivity index (χ0n) is 15.5. The third-order valence-corrected chi connectivity index (χ3v) is 5.46. The molecule has 1 aliphatic rings. The number of nitrogens with zero attached hydrogens (tertiary/aromatic N) is 3. The van der Waals surface area contributed by atoms with Gasteiger partial charge in [0.15, 0.2) is 5.96 Å². The van der Waals surface area contributed by atoms with Crippen LogP contribution in [0.15, 0.2) is 40.2 Å². The monoisotopic (exact) mass is 478 g/mol. The third-order valence-electron chi connectivity index (χ3n) is 4.08. The minimum absolute atomic E-state index is 0. The Kier molecular flexibility index (Phi) is 10.6. The first-order chi connectivity index (χ1) is 11.6. The summed E-state index contributed by atoms with van der Waals surface area (Å²) in [5.41, 5.74) is 0. The van der Waals surface area contributed by atoms with Gasteiger partial charge in [-0.2, -0.15) is 0 Å². The smallest absolute Gasteiger partial charge is 0.193 e. The number of hydrogen-bond donors (Lipinski definition) is 1. The van der Waals surface area contributed by atoms with Crippen LogP contribution in [-0.4, -0.2) is 72.0 Å². The van der Waals surface area contributed by atoms with Crippen LogP contribution in [0, 0.1) is 5.92 Å². The van der Waals surface area contributed by atoms with Crippen molar-refractivity contribution >= 4 is 40.7 Å². The Bertz CT molecular complexity index is 545. The van der Waals surface area contributed by atoms with Gasteiger partial charge in [-0.05, 0) is 18.1 Å². The van der Waals surface area contributed by atoms with Gasteiger partial charge in [-0.15, -0.1) is 24.0 Å². The zero-order chi connectivity index (χ0) is 17.4.